The summed E-state index contributed by atoms with van der Waals surface area (Å²) in [6.45, 7) is 1.54. The molecule has 5 heteroatoms. The van der Waals surface area contributed by atoms with Crippen molar-refractivity contribution in [2.24, 2.45) is 0 Å². The lowest BCUT2D eigenvalue weighted by Gasteiger charge is -2.08. The van der Waals surface area contributed by atoms with E-state index in [0.29, 0.717) is 5.52 Å². The fourth-order valence-corrected chi connectivity index (χ4v) is 1.86. The van der Waals surface area contributed by atoms with E-state index in [1.807, 2.05) is 0 Å². The molecule has 16 heavy (non-hydrogen) atoms. The summed E-state index contributed by atoms with van der Waals surface area (Å²) in [5.41, 5.74) is 0.528. The molecule has 0 atom stereocenters. The quantitative estimate of drug-likeness (QED) is 0.800. The molecule has 0 saturated carbocycles. The molecule has 0 fully saturated rings. The second-order valence-electron chi connectivity index (χ2n) is 3.36. The number of carboxylic acids is 1. The van der Waals surface area contributed by atoms with Crippen molar-refractivity contribution in [1.82, 2.24) is 4.98 Å². The number of fused-ring (bicyclic) bond motifs is 1. The third-order valence-electron chi connectivity index (χ3n) is 2.32. The largest absolute Gasteiger partial charge is 0.505 e. The van der Waals surface area contributed by atoms with Gasteiger partial charge >= 0.3 is 5.97 Å². The van der Waals surface area contributed by atoms with Crippen molar-refractivity contribution >= 4 is 28.5 Å². The number of hydrogen-bond acceptors (Lipinski definition) is 3. The number of aromatic nitrogens is 1. The maximum Gasteiger partial charge on any atom is 0.340 e. The van der Waals surface area contributed by atoms with Crippen LogP contribution < -0.4 is 0 Å². The number of carboxylic acid groups (broad SMARTS) is 1. The summed E-state index contributed by atoms with van der Waals surface area (Å²) in [6.07, 6.45) is 0. The Kier molecular flexibility index (Phi) is 2.44. The molecule has 0 amide bonds. The normalized spacial score (nSPS) is 10.6. The Morgan fingerprint density at radius 2 is 2.12 bits per heavy atom. The Labute approximate surface area is 96.1 Å². The third-order valence-corrected chi connectivity index (χ3v) is 2.64. The summed E-state index contributed by atoms with van der Waals surface area (Å²) >= 11 is 5.92. The molecule has 2 N–H and O–H groups in total. The lowest BCUT2D eigenvalue weighted by atomic mass is 10.1. The van der Waals surface area contributed by atoms with E-state index in [4.69, 9.17) is 16.7 Å². The van der Waals surface area contributed by atoms with E-state index in [-0.39, 0.29) is 27.4 Å². The predicted octanol–water partition coefficient (Wildman–Crippen LogP) is 2.60. The number of rotatable bonds is 1. The lowest BCUT2D eigenvalue weighted by molar-refractivity contribution is 0.0695. The van der Waals surface area contributed by atoms with Gasteiger partial charge in [-0.1, -0.05) is 17.7 Å². The summed E-state index contributed by atoms with van der Waals surface area (Å²) in [7, 11) is 0. The molecule has 0 unspecified atom stereocenters. The average molecular weight is 238 g/mol. The van der Waals surface area contributed by atoms with Crippen LogP contribution in [0, 0.1) is 6.92 Å². The number of aromatic carboxylic acids is 1. The molecule has 2 aromatic rings. The molecule has 1 heterocycles. The van der Waals surface area contributed by atoms with E-state index in [1.165, 1.54) is 0 Å². The van der Waals surface area contributed by atoms with Crippen LogP contribution in [-0.2, 0) is 0 Å². The summed E-state index contributed by atoms with van der Waals surface area (Å²) in [5.74, 6) is -1.56. The van der Waals surface area contributed by atoms with Gasteiger partial charge in [0.1, 0.15) is 5.56 Å². The van der Waals surface area contributed by atoms with E-state index >= 15 is 0 Å². The molecular weight excluding hydrogens is 230 g/mol. The van der Waals surface area contributed by atoms with Crippen molar-refractivity contribution < 1.29 is 15.0 Å². The van der Waals surface area contributed by atoms with Crippen molar-refractivity contribution in [2.75, 3.05) is 0 Å². The Hall–Kier alpha value is -1.81. The number of carbonyl (C=O) groups is 1. The topological polar surface area (TPSA) is 70.4 Å². The first kappa shape index (κ1) is 10.7. The zero-order valence-corrected chi connectivity index (χ0v) is 9.12. The number of benzene rings is 1. The Morgan fingerprint density at radius 3 is 2.75 bits per heavy atom. The van der Waals surface area contributed by atoms with Gasteiger partial charge in [0.2, 0.25) is 0 Å². The summed E-state index contributed by atoms with van der Waals surface area (Å²) in [4.78, 5) is 15.2. The van der Waals surface area contributed by atoms with Crippen molar-refractivity contribution in [3.63, 3.8) is 0 Å². The smallest absolute Gasteiger partial charge is 0.340 e. The maximum absolute atomic E-state index is 11.1. The summed E-state index contributed by atoms with van der Waals surface area (Å²) in [5, 5.41) is 19.3. The highest BCUT2D eigenvalue weighted by molar-refractivity contribution is 6.36. The maximum atomic E-state index is 11.1. The minimum Gasteiger partial charge on any atom is -0.505 e. The van der Waals surface area contributed by atoms with E-state index in [0.717, 1.165) is 0 Å². The van der Waals surface area contributed by atoms with Crippen LogP contribution in [0.15, 0.2) is 18.2 Å². The number of pyridine rings is 1. The van der Waals surface area contributed by atoms with Gasteiger partial charge in [-0.3, -0.25) is 0 Å². The van der Waals surface area contributed by atoms with Gasteiger partial charge in [-0.2, -0.15) is 0 Å². The zero-order valence-electron chi connectivity index (χ0n) is 8.36. The summed E-state index contributed by atoms with van der Waals surface area (Å²) in [6, 6.07) is 4.90. The summed E-state index contributed by atoms with van der Waals surface area (Å²) < 4.78 is 0. The number of aryl methyl sites for hydroxylation is 1. The second kappa shape index (κ2) is 3.64. The average Bonchev–Trinajstić information content (AvgIpc) is 2.20. The molecule has 0 spiro atoms. The number of nitrogens with zero attached hydrogens (tertiary/aromatic N) is 1. The molecule has 1 aromatic carbocycles. The highest BCUT2D eigenvalue weighted by atomic mass is 35.5. The fraction of sp³-hybridized carbons (Fsp3) is 0.0909. The van der Waals surface area contributed by atoms with Gasteiger partial charge in [0.05, 0.1) is 16.2 Å². The van der Waals surface area contributed by atoms with E-state index < -0.39 is 5.97 Å². The molecule has 1 aromatic heterocycles. The molecule has 4 nitrogen and oxygen atoms in total. The van der Waals surface area contributed by atoms with Crippen molar-refractivity contribution in [1.29, 1.82) is 0 Å². The monoisotopic (exact) mass is 237 g/mol. The first-order chi connectivity index (χ1) is 7.52. The third kappa shape index (κ3) is 1.47. The van der Waals surface area contributed by atoms with E-state index in [9.17, 15) is 9.90 Å². The van der Waals surface area contributed by atoms with Crippen LogP contribution in [0.2, 0.25) is 5.02 Å². The van der Waals surface area contributed by atoms with Crippen molar-refractivity contribution in [3.8, 4) is 5.75 Å². The first-order valence-electron chi connectivity index (χ1n) is 4.53. The Balaban J connectivity index is 3.03. The van der Waals surface area contributed by atoms with Gasteiger partial charge < -0.3 is 10.2 Å². The predicted molar refractivity (Wildman–Crippen MR) is 60.1 cm³/mol. The molecule has 82 valence electrons. The highest BCUT2D eigenvalue weighted by Crippen LogP contribution is 2.32. The molecule has 2 rings (SSSR count). The van der Waals surface area contributed by atoms with Crippen molar-refractivity contribution in [3.05, 3.63) is 34.5 Å². The highest BCUT2D eigenvalue weighted by Gasteiger charge is 2.19. The molecule has 0 aliphatic heterocycles. The van der Waals surface area contributed by atoms with Gasteiger partial charge in [0.15, 0.2) is 5.75 Å². The Morgan fingerprint density at radius 1 is 1.44 bits per heavy atom. The fourth-order valence-electron chi connectivity index (χ4n) is 1.59. The molecule has 0 radical (unpaired) electrons. The van der Waals surface area contributed by atoms with Gasteiger partial charge in [-0.25, -0.2) is 9.78 Å². The van der Waals surface area contributed by atoms with Crippen LogP contribution in [0.4, 0.5) is 0 Å². The number of hydrogen-bond donors (Lipinski definition) is 2. The number of halogens is 1. The van der Waals surface area contributed by atoms with Gasteiger partial charge in [0.25, 0.3) is 0 Å². The minimum absolute atomic E-state index is 0.201. The molecule has 0 bridgehead atoms. The molecular formula is C11H8ClNO3. The van der Waals surface area contributed by atoms with Crippen LogP contribution in [0.5, 0.6) is 5.75 Å². The van der Waals surface area contributed by atoms with Gasteiger partial charge in [-0.05, 0) is 19.1 Å². The number of aromatic hydroxyl groups is 1. The van der Waals surface area contributed by atoms with Crippen LogP contribution in [0.1, 0.15) is 16.1 Å². The molecule has 0 saturated heterocycles. The van der Waals surface area contributed by atoms with E-state index in [1.54, 1.807) is 25.1 Å². The van der Waals surface area contributed by atoms with Crippen molar-refractivity contribution in [2.45, 2.75) is 6.92 Å². The van der Waals surface area contributed by atoms with Crippen LogP contribution in [0.3, 0.4) is 0 Å². The minimum atomic E-state index is -1.22. The van der Waals surface area contributed by atoms with Crippen LogP contribution in [0.25, 0.3) is 10.9 Å². The second-order valence-corrected chi connectivity index (χ2v) is 3.77. The lowest BCUT2D eigenvalue weighted by Crippen LogP contribution is -2.02. The standard InChI is InChI=1S/C11H8ClNO3/c1-5-10(14)9(11(15)16)8-6(12)3-2-4-7(8)13-5/h2-4,14H,1H3,(H,15,16). The zero-order chi connectivity index (χ0) is 11.9. The SMILES string of the molecule is Cc1nc2cccc(Cl)c2c(C(=O)O)c1O. The van der Waals surface area contributed by atoms with Gasteiger partial charge in [0, 0.05) is 5.39 Å². The van der Waals surface area contributed by atoms with Crippen LogP contribution >= 0.6 is 11.6 Å². The molecule has 0 aliphatic carbocycles. The first-order valence-corrected chi connectivity index (χ1v) is 4.91. The van der Waals surface area contributed by atoms with Gasteiger partial charge in [-0.15, -0.1) is 0 Å². The van der Waals surface area contributed by atoms with Crippen LogP contribution in [-0.4, -0.2) is 21.2 Å². The van der Waals surface area contributed by atoms with E-state index in [2.05, 4.69) is 4.98 Å². The Bertz CT molecular complexity index is 595. The molecule has 0 aliphatic rings.